The molecule has 0 saturated carbocycles. The summed E-state index contributed by atoms with van der Waals surface area (Å²) in [7, 11) is 0. The maximum absolute atomic E-state index is 10.2. The molecule has 0 unspecified atom stereocenters. The molecule has 0 amide bonds. The van der Waals surface area contributed by atoms with Crippen LogP contribution in [0.1, 0.15) is 17.2 Å². The Labute approximate surface area is 103 Å². The van der Waals surface area contributed by atoms with Gasteiger partial charge in [0.1, 0.15) is 6.10 Å². The van der Waals surface area contributed by atoms with Crippen molar-refractivity contribution < 1.29 is 5.11 Å². The first-order valence-corrected chi connectivity index (χ1v) is 5.47. The van der Waals surface area contributed by atoms with E-state index in [0.29, 0.717) is 15.6 Å². The summed E-state index contributed by atoms with van der Waals surface area (Å²) < 4.78 is 0. The van der Waals surface area contributed by atoms with Crippen molar-refractivity contribution in [3.8, 4) is 0 Å². The van der Waals surface area contributed by atoms with E-state index in [4.69, 9.17) is 23.2 Å². The molecule has 1 N–H and O–H groups in total. The fourth-order valence-corrected chi connectivity index (χ4v) is 2.06. The Morgan fingerprint density at radius 1 is 1.00 bits per heavy atom. The number of aliphatic hydroxyl groups excluding tert-OH is 1. The van der Waals surface area contributed by atoms with Crippen LogP contribution in [0.5, 0.6) is 0 Å². The minimum Gasteiger partial charge on any atom is -0.384 e. The topological polar surface area (TPSA) is 33.1 Å². The van der Waals surface area contributed by atoms with Crippen molar-refractivity contribution in [3.05, 3.63) is 63.9 Å². The average molecular weight is 254 g/mol. The lowest BCUT2D eigenvalue weighted by Crippen LogP contribution is -2.01. The van der Waals surface area contributed by atoms with Gasteiger partial charge in [0.05, 0.1) is 10.0 Å². The zero-order valence-corrected chi connectivity index (χ0v) is 9.78. The van der Waals surface area contributed by atoms with Gasteiger partial charge in [-0.05, 0) is 5.56 Å². The van der Waals surface area contributed by atoms with Gasteiger partial charge in [-0.15, -0.1) is 0 Å². The molecule has 1 atom stereocenters. The summed E-state index contributed by atoms with van der Waals surface area (Å²) >= 11 is 11.9. The molecule has 2 aromatic rings. The molecule has 82 valence electrons. The van der Waals surface area contributed by atoms with Crippen molar-refractivity contribution >= 4 is 23.2 Å². The Kier molecular flexibility index (Phi) is 3.44. The molecule has 0 aliphatic rings. The highest BCUT2D eigenvalue weighted by molar-refractivity contribution is 6.35. The van der Waals surface area contributed by atoms with Crippen LogP contribution in [0.15, 0.2) is 42.7 Å². The highest BCUT2D eigenvalue weighted by atomic mass is 35.5. The van der Waals surface area contributed by atoms with Crippen LogP contribution < -0.4 is 0 Å². The highest BCUT2D eigenvalue weighted by Crippen LogP contribution is 2.32. The molecule has 0 fully saturated rings. The van der Waals surface area contributed by atoms with Crippen molar-refractivity contribution in [2.45, 2.75) is 6.10 Å². The molecular formula is C12H9Cl2NO. The van der Waals surface area contributed by atoms with E-state index in [2.05, 4.69) is 4.98 Å². The average Bonchev–Trinajstić information content (AvgIpc) is 2.30. The first kappa shape index (κ1) is 11.4. The van der Waals surface area contributed by atoms with Gasteiger partial charge in [0.15, 0.2) is 0 Å². The molecule has 0 radical (unpaired) electrons. The Hall–Kier alpha value is -1.09. The third kappa shape index (κ3) is 2.19. The number of rotatable bonds is 2. The van der Waals surface area contributed by atoms with E-state index in [0.717, 1.165) is 5.56 Å². The minimum atomic E-state index is -0.829. The van der Waals surface area contributed by atoms with Gasteiger partial charge < -0.3 is 5.11 Å². The lowest BCUT2D eigenvalue weighted by atomic mass is 10.0. The van der Waals surface area contributed by atoms with Crippen LogP contribution in [0, 0.1) is 0 Å². The minimum absolute atomic E-state index is 0.365. The molecule has 4 heteroatoms. The maximum Gasteiger partial charge on any atom is 0.107 e. The summed E-state index contributed by atoms with van der Waals surface area (Å²) in [5.41, 5.74) is 1.24. The van der Waals surface area contributed by atoms with E-state index in [1.54, 1.807) is 0 Å². The Bertz CT molecular complexity index is 467. The summed E-state index contributed by atoms with van der Waals surface area (Å²) in [6, 6.07) is 9.21. The quantitative estimate of drug-likeness (QED) is 0.890. The normalized spacial score (nSPS) is 12.4. The number of halogens is 2. The number of aliphatic hydroxyl groups is 1. The lowest BCUT2D eigenvalue weighted by Gasteiger charge is -2.14. The van der Waals surface area contributed by atoms with Gasteiger partial charge in [0.25, 0.3) is 0 Å². The van der Waals surface area contributed by atoms with E-state index < -0.39 is 6.10 Å². The number of nitrogens with zero attached hydrogens (tertiary/aromatic N) is 1. The van der Waals surface area contributed by atoms with E-state index in [1.165, 1.54) is 12.4 Å². The van der Waals surface area contributed by atoms with Gasteiger partial charge in [-0.3, -0.25) is 4.98 Å². The summed E-state index contributed by atoms with van der Waals surface area (Å²) in [6.07, 6.45) is 2.10. The van der Waals surface area contributed by atoms with Crippen molar-refractivity contribution in [3.63, 3.8) is 0 Å². The van der Waals surface area contributed by atoms with Crippen molar-refractivity contribution in [2.24, 2.45) is 0 Å². The molecule has 0 bridgehead atoms. The molecule has 16 heavy (non-hydrogen) atoms. The highest BCUT2D eigenvalue weighted by Gasteiger charge is 2.17. The van der Waals surface area contributed by atoms with Crippen LogP contribution in [0.25, 0.3) is 0 Å². The largest absolute Gasteiger partial charge is 0.384 e. The summed E-state index contributed by atoms with van der Waals surface area (Å²) in [6.45, 7) is 0. The first-order valence-electron chi connectivity index (χ1n) is 4.72. The van der Waals surface area contributed by atoms with Gasteiger partial charge in [-0.2, -0.15) is 0 Å². The number of hydrogen-bond donors (Lipinski definition) is 1. The number of benzene rings is 1. The second-order valence-corrected chi connectivity index (χ2v) is 4.14. The third-order valence-electron chi connectivity index (χ3n) is 2.28. The molecule has 0 aliphatic heterocycles. The van der Waals surface area contributed by atoms with Crippen LogP contribution in [0.4, 0.5) is 0 Å². The maximum atomic E-state index is 10.2. The number of hydrogen-bond acceptors (Lipinski definition) is 2. The Morgan fingerprint density at radius 2 is 1.56 bits per heavy atom. The molecule has 1 aromatic heterocycles. The van der Waals surface area contributed by atoms with Crippen LogP contribution in [-0.4, -0.2) is 10.1 Å². The lowest BCUT2D eigenvalue weighted by molar-refractivity contribution is 0.220. The van der Waals surface area contributed by atoms with Crippen LogP contribution >= 0.6 is 23.2 Å². The van der Waals surface area contributed by atoms with E-state index in [1.807, 2.05) is 30.3 Å². The molecule has 2 nitrogen and oxygen atoms in total. The molecule has 0 aliphatic carbocycles. The Balaban J connectivity index is 2.46. The molecule has 0 saturated heterocycles. The smallest absolute Gasteiger partial charge is 0.107 e. The SMILES string of the molecule is O[C@@H](c1ccccc1)c1c(Cl)cncc1Cl. The zero-order valence-electron chi connectivity index (χ0n) is 8.27. The first-order chi connectivity index (χ1) is 7.70. The zero-order chi connectivity index (χ0) is 11.5. The Morgan fingerprint density at radius 3 is 2.12 bits per heavy atom. The second kappa shape index (κ2) is 4.83. The number of aromatic nitrogens is 1. The summed E-state index contributed by atoms with van der Waals surface area (Å²) in [4.78, 5) is 3.85. The van der Waals surface area contributed by atoms with Gasteiger partial charge in [0, 0.05) is 18.0 Å². The van der Waals surface area contributed by atoms with E-state index in [9.17, 15) is 5.11 Å². The van der Waals surface area contributed by atoms with Gasteiger partial charge >= 0.3 is 0 Å². The van der Waals surface area contributed by atoms with Gasteiger partial charge in [0.2, 0.25) is 0 Å². The fourth-order valence-electron chi connectivity index (χ4n) is 1.48. The fraction of sp³-hybridized carbons (Fsp3) is 0.0833. The number of pyridine rings is 1. The van der Waals surface area contributed by atoms with Crippen LogP contribution in [-0.2, 0) is 0 Å². The van der Waals surface area contributed by atoms with Crippen molar-refractivity contribution in [2.75, 3.05) is 0 Å². The molecule has 1 heterocycles. The van der Waals surface area contributed by atoms with Crippen LogP contribution in [0.2, 0.25) is 10.0 Å². The van der Waals surface area contributed by atoms with Crippen molar-refractivity contribution in [1.29, 1.82) is 0 Å². The summed E-state index contributed by atoms with van der Waals surface area (Å²) in [5, 5.41) is 10.9. The van der Waals surface area contributed by atoms with Crippen LogP contribution in [0.3, 0.4) is 0 Å². The standard InChI is InChI=1S/C12H9Cl2NO/c13-9-6-15-7-10(14)11(9)12(16)8-4-2-1-3-5-8/h1-7,12,16H/t12-/m0/s1. The third-order valence-corrected chi connectivity index (χ3v) is 2.88. The van der Waals surface area contributed by atoms with Gasteiger partial charge in [-0.25, -0.2) is 0 Å². The predicted molar refractivity (Wildman–Crippen MR) is 64.8 cm³/mol. The van der Waals surface area contributed by atoms with E-state index in [-0.39, 0.29) is 0 Å². The van der Waals surface area contributed by atoms with E-state index >= 15 is 0 Å². The summed E-state index contributed by atoms with van der Waals surface area (Å²) in [5.74, 6) is 0. The van der Waals surface area contributed by atoms with Crippen molar-refractivity contribution in [1.82, 2.24) is 4.98 Å². The molecular weight excluding hydrogens is 245 g/mol. The monoisotopic (exact) mass is 253 g/mol. The second-order valence-electron chi connectivity index (χ2n) is 3.33. The van der Waals surface area contributed by atoms with Gasteiger partial charge in [-0.1, -0.05) is 53.5 Å². The molecule has 1 aromatic carbocycles. The molecule has 2 rings (SSSR count). The predicted octanol–water partition coefficient (Wildman–Crippen LogP) is 3.47. The molecule has 0 spiro atoms.